The highest BCUT2D eigenvalue weighted by Gasteiger charge is 2.14. The van der Waals surface area contributed by atoms with Crippen LogP contribution in [0.4, 0.5) is 5.69 Å². The van der Waals surface area contributed by atoms with Crippen LogP contribution in [-0.2, 0) is 11.2 Å². The van der Waals surface area contributed by atoms with Gasteiger partial charge >= 0.3 is 0 Å². The molecule has 2 aromatic carbocycles. The predicted octanol–water partition coefficient (Wildman–Crippen LogP) is 1.90. The van der Waals surface area contributed by atoms with Gasteiger partial charge < -0.3 is 16.2 Å². The molecule has 1 amide bonds. The smallest absolute Gasteiger partial charge is 0.241 e. The summed E-state index contributed by atoms with van der Waals surface area (Å²) in [5, 5.41) is 11.9. The lowest BCUT2D eigenvalue weighted by molar-refractivity contribution is -0.117. The zero-order valence-electron chi connectivity index (χ0n) is 10.4. The van der Waals surface area contributed by atoms with E-state index in [1.165, 1.54) is 0 Å². The largest absolute Gasteiger partial charge is 0.508 e. The van der Waals surface area contributed by atoms with E-state index in [-0.39, 0.29) is 11.7 Å². The maximum absolute atomic E-state index is 11.9. The van der Waals surface area contributed by atoms with Gasteiger partial charge in [-0.3, -0.25) is 4.79 Å². The molecule has 0 radical (unpaired) electrons. The summed E-state index contributed by atoms with van der Waals surface area (Å²) in [4.78, 5) is 11.9. The summed E-state index contributed by atoms with van der Waals surface area (Å²) in [7, 11) is 0. The van der Waals surface area contributed by atoms with E-state index < -0.39 is 6.04 Å². The van der Waals surface area contributed by atoms with Crippen LogP contribution in [0.3, 0.4) is 0 Å². The third-order valence-corrected chi connectivity index (χ3v) is 2.77. The van der Waals surface area contributed by atoms with Crippen LogP contribution in [0.5, 0.6) is 5.75 Å². The van der Waals surface area contributed by atoms with E-state index >= 15 is 0 Å². The van der Waals surface area contributed by atoms with Crippen LogP contribution in [0, 0.1) is 0 Å². The molecular weight excluding hydrogens is 240 g/mol. The van der Waals surface area contributed by atoms with Crippen LogP contribution in [0.2, 0.25) is 0 Å². The van der Waals surface area contributed by atoms with Crippen LogP contribution in [0.1, 0.15) is 5.56 Å². The molecule has 2 rings (SSSR count). The molecule has 0 spiro atoms. The van der Waals surface area contributed by atoms with Crippen molar-refractivity contribution in [3.8, 4) is 5.75 Å². The zero-order chi connectivity index (χ0) is 13.7. The van der Waals surface area contributed by atoms with Crippen LogP contribution in [0.15, 0.2) is 54.6 Å². The fourth-order valence-electron chi connectivity index (χ4n) is 1.74. The molecule has 0 aliphatic rings. The Balaban J connectivity index is 1.94. The molecule has 0 aliphatic carbocycles. The van der Waals surface area contributed by atoms with E-state index in [0.717, 1.165) is 11.3 Å². The average Bonchev–Trinajstić information content (AvgIpc) is 2.42. The van der Waals surface area contributed by atoms with Crippen molar-refractivity contribution >= 4 is 11.6 Å². The summed E-state index contributed by atoms with van der Waals surface area (Å²) < 4.78 is 0. The second-order valence-electron chi connectivity index (χ2n) is 4.33. The highest BCUT2D eigenvalue weighted by Crippen LogP contribution is 2.12. The molecule has 0 heterocycles. The fourth-order valence-corrected chi connectivity index (χ4v) is 1.74. The minimum atomic E-state index is -0.621. The summed E-state index contributed by atoms with van der Waals surface area (Å²) in [5.41, 5.74) is 7.50. The van der Waals surface area contributed by atoms with Crippen LogP contribution >= 0.6 is 0 Å². The second-order valence-corrected chi connectivity index (χ2v) is 4.33. The summed E-state index contributed by atoms with van der Waals surface area (Å²) in [6.45, 7) is 0. The van der Waals surface area contributed by atoms with Crippen molar-refractivity contribution < 1.29 is 9.90 Å². The number of aromatic hydroxyl groups is 1. The minimum Gasteiger partial charge on any atom is -0.508 e. The third-order valence-electron chi connectivity index (χ3n) is 2.77. The lowest BCUT2D eigenvalue weighted by Gasteiger charge is -2.12. The molecule has 0 saturated carbocycles. The molecule has 0 bridgehead atoms. The number of phenolic OH excluding ortho intramolecular Hbond substituents is 1. The van der Waals surface area contributed by atoms with E-state index in [0.29, 0.717) is 6.42 Å². The number of benzene rings is 2. The Kier molecular flexibility index (Phi) is 4.15. The summed E-state index contributed by atoms with van der Waals surface area (Å²) in [6.07, 6.45) is 0.430. The van der Waals surface area contributed by atoms with Crippen molar-refractivity contribution in [2.45, 2.75) is 12.5 Å². The van der Waals surface area contributed by atoms with Crippen LogP contribution < -0.4 is 11.1 Å². The molecule has 1 unspecified atom stereocenters. The van der Waals surface area contributed by atoms with Crippen molar-refractivity contribution in [3.05, 3.63) is 60.2 Å². The number of anilines is 1. The Hall–Kier alpha value is -2.33. The highest BCUT2D eigenvalue weighted by atomic mass is 16.3. The Morgan fingerprint density at radius 1 is 1.11 bits per heavy atom. The van der Waals surface area contributed by atoms with Crippen LogP contribution in [0.25, 0.3) is 0 Å². The number of para-hydroxylation sites is 1. The van der Waals surface area contributed by atoms with Gasteiger partial charge in [-0.25, -0.2) is 0 Å². The van der Waals surface area contributed by atoms with Gasteiger partial charge in [-0.05, 0) is 36.2 Å². The number of rotatable bonds is 4. The third kappa shape index (κ3) is 3.82. The molecule has 19 heavy (non-hydrogen) atoms. The molecule has 0 aliphatic heterocycles. The lowest BCUT2D eigenvalue weighted by atomic mass is 10.1. The highest BCUT2D eigenvalue weighted by molar-refractivity contribution is 5.94. The number of phenols is 1. The van der Waals surface area contributed by atoms with Crippen molar-refractivity contribution in [1.29, 1.82) is 0 Å². The Labute approximate surface area is 111 Å². The lowest BCUT2D eigenvalue weighted by Crippen LogP contribution is -2.37. The molecule has 1 atom stereocenters. The first kappa shape index (κ1) is 13.1. The summed E-state index contributed by atoms with van der Waals surface area (Å²) >= 11 is 0. The van der Waals surface area contributed by atoms with Crippen molar-refractivity contribution in [2.75, 3.05) is 5.32 Å². The molecule has 0 saturated heterocycles. The molecule has 4 heteroatoms. The number of hydrogen-bond donors (Lipinski definition) is 3. The number of carbonyl (C=O) groups is 1. The molecular formula is C15H16N2O2. The first-order valence-electron chi connectivity index (χ1n) is 6.04. The fraction of sp³-hybridized carbons (Fsp3) is 0.133. The van der Waals surface area contributed by atoms with Crippen molar-refractivity contribution in [1.82, 2.24) is 0 Å². The molecule has 0 fully saturated rings. The van der Waals surface area contributed by atoms with E-state index in [9.17, 15) is 9.90 Å². The average molecular weight is 256 g/mol. The molecule has 4 nitrogen and oxygen atoms in total. The quantitative estimate of drug-likeness (QED) is 0.782. The first-order valence-corrected chi connectivity index (χ1v) is 6.04. The van der Waals surface area contributed by atoms with E-state index in [2.05, 4.69) is 5.32 Å². The number of nitrogens with two attached hydrogens (primary N) is 1. The molecule has 98 valence electrons. The monoisotopic (exact) mass is 256 g/mol. The SMILES string of the molecule is NC(Cc1ccc(O)cc1)C(=O)Nc1ccccc1. The van der Waals surface area contributed by atoms with Crippen LogP contribution in [-0.4, -0.2) is 17.1 Å². The van der Waals surface area contributed by atoms with Gasteiger partial charge in [0.2, 0.25) is 5.91 Å². The number of hydrogen-bond acceptors (Lipinski definition) is 3. The van der Waals surface area contributed by atoms with Gasteiger partial charge in [0, 0.05) is 5.69 Å². The summed E-state index contributed by atoms with van der Waals surface area (Å²) in [6, 6.07) is 15.2. The standard InChI is InChI=1S/C15H16N2O2/c16-14(10-11-6-8-13(18)9-7-11)15(19)17-12-4-2-1-3-5-12/h1-9,14,18H,10,16H2,(H,17,19). The predicted molar refractivity (Wildman–Crippen MR) is 74.9 cm³/mol. The minimum absolute atomic E-state index is 0.200. The Morgan fingerprint density at radius 3 is 2.37 bits per heavy atom. The van der Waals surface area contributed by atoms with Gasteiger partial charge in [0.15, 0.2) is 0 Å². The normalized spacial score (nSPS) is 11.8. The van der Waals surface area contributed by atoms with Gasteiger partial charge in [0.05, 0.1) is 6.04 Å². The van der Waals surface area contributed by atoms with Gasteiger partial charge in [0.1, 0.15) is 5.75 Å². The maximum atomic E-state index is 11.9. The molecule has 0 aromatic heterocycles. The summed E-state index contributed by atoms with van der Waals surface area (Å²) in [5.74, 6) is -0.0228. The van der Waals surface area contributed by atoms with Gasteiger partial charge in [-0.2, -0.15) is 0 Å². The van der Waals surface area contributed by atoms with Crippen molar-refractivity contribution in [2.24, 2.45) is 5.73 Å². The van der Waals surface area contributed by atoms with E-state index in [4.69, 9.17) is 5.73 Å². The molecule has 4 N–H and O–H groups in total. The first-order chi connectivity index (χ1) is 9.15. The Morgan fingerprint density at radius 2 is 1.74 bits per heavy atom. The van der Waals surface area contributed by atoms with Gasteiger partial charge in [-0.1, -0.05) is 30.3 Å². The molecule has 2 aromatic rings. The van der Waals surface area contributed by atoms with E-state index in [1.807, 2.05) is 30.3 Å². The number of carbonyl (C=O) groups excluding carboxylic acids is 1. The number of nitrogens with one attached hydrogen (secondary N) is 1. The maximum Gasteiger partial charge on any atom is 0.241 e. The van der Waals surface area contributed by atoms with Crippen molar-refractivity contribution in [3.63, 3.8) is 0 Å². The van der Waals surface area contributed by atoms with Gasteiger partial charge in [-0.15, -0.1) is 0 Å². The topological polar surface area (TPSA) is 75.3 Å². The van der Waals surface area contributed by atoms with E-state index in [1.54, 1.807) is 24.3 Å². The van der Waals surface area contributed by atoms with Gasteiger partial charge in [0.25, 0.3) is 0 Å². The number of amides is 1. The second kappa shape index (κ2) is 6.02. The zero-order valence-corrected chi connectivity index (χ0v) is 10.4. The Bertz CT molecular complexity index is 538.